The van der Waals surface area contributed by atoms with E-state index in [4.69, 9.17) is 10.5 Å². The maximum absolute atomic E-state index is 5.68. The molecule has 13 heavy (non-hydrogen) atoms. The molecule has 0 spiro atoms. The van der Waals surface area contributed by atoms with Crippen molar-refractivity contribution in [1.29, 1.82) is 0 Å². The molecule has 0 unspecified atom stereocenters. The molecular weight excluding hydrogens is 166 g/mol. The van der Waals surface area contributed by atoms with E-state index in [0.29, 0.717) is 11.6 Å². The van der Waals surface area contributed by atoms with Crippen LogP contribution in [0.25, 0.3) is 0 Å². The summed E-state index contributed by atoms with van der Waals surface area (Å²) < 4.78 is 4.98. The summed E-state index contributed by atoms with van der Waals surface area (Å²) in [5.74, 6) is 1.82. The van der Waals surface area contributed by atoms with Crippen molar-refractivity contribution >= 4 is 5.82 Å². The van der Waals surface area contributed by atoms with Gasteiger partial charge in [-0.25, -0.2) is 9.97 Å². The van der Waals surface area contributed by atoms with E-state index in [1.165, 1.54) is 0 Å². The average molecular weight is 179 g/mol. The van der Waals surface area contributed by atoms with Crippen molar-refractivity contribution in [3.63, 3.8) is 0 Å². The highest BCUT2D eigenvalue weighted by Crippen LogP contribution is 2.46. The Bertz CT molecular complexity index is 334. The zero-order valence-electron chi connectivity index (χ0n) is 7.87. The maximum atomic E-state index is 5.68. The molecule has 0 bridgehead atoms. The van der Waals surface area contributed by atoms with E-state index in [2.05, 4.69) is 16.9 Å². The number of nitrogens with two attached hydrogens (primary N) is 1. The third-order valence-electron chi connectivity index (χ3n) is 2.54. The molecule has 0 amide bonds. The van der Waals surface area contributed by atoms with E-state index >= 15 is 0 Å². The van der Waals surface area contributed by atoms with Crippen LogP contribution in [0.15, 0.2) is 6.20 Å². The monoisotopic (exact) mass is 179 g/mol. The van der Waals surface area contributed by atoms with Crippen molar-refractivity contribution < 1.29 is 4.74 Å². The van der Waals surface area contributed by atoms with E-state index in [9.17, 15) is 0 Å². The van der Waals surface area contributed by atoms with E-state index in [-0.39, 0.29) is 5.41 Å². The third kappa shape index (κ3) is 1.32. The molecule has 4 heteroatoms. The summed E-state index contributed by atoms with van der Waals surface area (Å²) in [5, 5.41) is 0. The van der Waals surface area contributed by atoms with Crippen molar-refractivity contribution in [2.75, 3.05) is 12.8 Å². The predicted molar refractivity (Wildman–Crippen MR) is 49.6 cm³/mol. The Kier molecular flexibility index (Phi) is 1.65. The van der Waals surface area contributed by atoms with Crippen LogP contribution < -0.4 is 10.5 Å². The lowest BCUT2D eigenvalue weighted by atomic mass is 10.1. The maximum Gasteiger partial charge on any atom is 0.179 e. The highest BCUT2D eigenvalue weighted by atomic mass is 16.5. The number of nitrogen functional groups attached to an aromatic ring is 1. The normalized spacial score (nSPS) is 18.3. The topological polar surface area (TPSA) is 61.0 Å². The Balaban J connectivity index is 2.36. The first-order chi connectivity index (χ1) is 6.15. The largest absolute Gasteiger partial charge is 0.491 e. The molecule has 1 aromatic heterocycles. The summed E-state index contributed by atoms with van der Waals surface area (Å²) in [5.41, 5.74) is 5.85. The van der Waals surface area contributed by atoms with Crippen LogP contribution in [0.2, 0.25) is 0 Å². The highest BCUT2D eigenvalue weighted by Gasteiger charge is 2.42. The summed E-state index contributed by atoms with van der Waals surface area (Å²) in [6, 6.07) is 0. The summed E-state index contributed by atoms with van der Waals surface area (Å²) in [6.45, 7) is 2.15. The van der Waals surface area contributed by atoms with Crippen LogP contribution in [0.4, 0.5) is 5.82 Å². The minimum atomic E-state index is 0.167. The molecule has 4 nitrogen and oxygen atoms in total. The first kappa shape index (κ1) is 8.29. The van der Waals surface area contributed by atoms with E-state index in [1.54, 1.807) is 13.3 Å². The van der Waals surface area contributed by atoms with Crippen LogP contribution in [-0.4, -0.2) is 17.1 Å². The summed E-state index contributed by atoms with van der Waals surface area (Å²) in [4.78, 5) is 8.45. The second kappa shape index (κ2) is 2.58. The van der Waals surface area contributed by atoms with E-state index < -0.39 is 0 Å². The van der Waals surface area contributed by atoms with Gasteiger partial charge >= 0.3 is 0 Å². The minimum absolute atomic E-state index is 0.167. The predicted octanol–water partition coefficient (Wildman–Crippen LogP) is 1.12. The van der Waals surface area contributed by atoms with Gasteiger partial charge in [-0.05, 0) is 12.8 Å². The van der Waals surface area contributed by atoms with Crippen molar-refractivity contribution in [2.24, 2.45) is 0 Å². The van der Waals surface area contributed by atoms with Crippen LogP contribution in [-0.2, 0) is 5.41 Å². The van der Waals surface area contributed by atoms with Crippen molar-refractivity contribution in [2.45, 2.75) is 25.2 Å². The lowest BCUT2D eigenvalue weighted by molar-refractivity contribution is 0.412. The number of hydrogen-bond acceptors (Lipinski definition) is 4. The van der Waals surface area contributed by atoms with Crippen LogP contribution >= 0.6 is 0 Å². The van der Waals surface area contributed by atoms with Gasteiger partial charge in [0.15, 0.2) is 11.6 Å². The van der Waals surface area contributed by atoms with Gasteiger partial charge in [0.05, 0.1) is 13.3 Å². The van der Waals surface area contributed by atoms with Crippen LogP contribution in [0.3, 0.4) is 0 Å². The molecule has 1 aliphatic rings. The number of rotatable bonds is 2. The zero-order valence-corrected chi connectivity index (χ0v) is 7.87. The molecule has 0 aliphatic heterocycles. The van der Waals surface area contributed by atoms with Gasteiger partial charge in [0.25, 0.3) is 0 Å². The summed E-state index contributed by atoms with van der Waals surface area (Å²) >= 11 is 0. The Morgan fingerprint density at radius 2 is 2.23 bits per heavy atom. The molecule has 70 valence electrons. The van der Waals surface area contributed by atoms with Gasteiger partial charge < -0.3 is 10.5 Å². The van der Waals surface area contributed by atoms with Crippen molar-refractivity contribution in [1.82, 2.24) is 9.97 Å². The van der Waals surface area contributed by atoms with E-state index in [1.807, 2.05) is 0 Å². The number of hydrogen-bond donors (Lipinski definition) is 1. The van der Waals surface area contributed by atoms with Gasteiger partial charge in [-0.3, -0.25) is 0 Å². The Morgan fingerprint density at radius 1 is 1.54 bits per heavy atom. The second-order valence-electron chi connectivity index (χ2n) is 3.71. The number of aromatic nitrogens is 2. The lowest BCUT2D eigenvalue weighted by Gasteiger charge is -2.08. The number of methoxy groups -OCH3 is 1. The SMILES string of the molecule is COc1cnc(C2(C)CC2)nc1N. The fraction of sp³-hybridized carbons (Fsp3) is 0.556. The molecule has 2 rings (SSSR count). The summed E-state index contributed by atoms with van der Waals surface area (Å²) in [6.07, 6.45) is 3.94. The molecule has 0 aromatic carbocycles. The molecular formula is C9H13N3O. The van der Waals surface area contributed by atoms with Crippen molar-refractivity contribution in [3.8, 4) is 5.75 Å². The fourth-order valence-electron chi connectivity index (χ4n) is 1.24. The van der Waals surface area contributed by atoms with Crippen LogP contribution in [0, 0.1) is 0 Å². The molecule has 1 heterocycles. The highest BCUT2D eigenvalue weighted by molar-refractivity contribution is 5.44. The summed E-state index contributed by atoms with van der Waals surface area (Å²) in [7, 11) is 1.56. The van der Waals surface area contributed by atoms with Gasteiger partial charge in [-0.2, -0.15) is 0 Å². The van der Waals surface area contributed by atoms with Gasteiger partial charge in [0.1, 0.15) is 5.82 Å². The van der Waals surface area contributed by atoms with Gasteiger partial charge in [-0.15, -0.1) is 0 Å². The van der Waals surface area contributed by atoms with Crippen molar-refractivity contribution in [3.05, 3.63) is 12.0 Å². The van der Waals surface area contributed by atoms with Crippen LogP contribution in [0.1, 0.15) is 25.6 Å². The average Bonchev–Trinajstić information content (AvgIpc) is 2.85. The second-order valence-corrected chi connectivity index (χ2v) is 3.71. The number of anilines is 1. The number of nitrogens with zero attached hydrogens (tertiary/aromatic N) is 2. The zero-order chi connectivity index (χ0) is 9.47. The molecule has 1 fully saturated rings. The first-order valence-corrected chi connectivity index (χ1v) is 4.33. The van der Waals surface area contributed by atoms with Crippen LogP contribution in [0.5, 0.6) is 5.75 Å². The Morgan fingerprint density at radius 3 is 2.69 bits per heavy atom. The molecule has 1 saturated carbocycles. The van der Waals surface area contributed by atoms with Gasteiger partial charge in [-0.1, -0.05) is 6.92 Å². The fourth-order valence-corrected chi connectivity index (χ4v) is 1.24. The Hall–Kier alpha value is -1.32. The molecule has 1 aromatic rings. The van der Waals surface area contributed by atoms with E-state index in [0.717, 1.165) is 18.7 Å². The quantitative estimate of drug-likeness (QED) is 0.739. The minimum Gasteiger partial charge on any atom is -0.491 e. The Labute approximate surface area is 77.1 Å². The molecule has 0 saturated heterocycles. The van der Waals surface area contributed by atoms with Gasteiger partial charge in [0, 0.05) is 5.41 Å². The number of ether oxygens (including phenoxy) is 1. The molecule has 0 radical (unpaired) electrons. The first-order valence-electron chi connectivity index (χ1n) is 4.33. The smallest absolute Gasteiger partial charge is 0.179 e. The lowest BCUT2D eigenvalue weighted by Crippen LogP contribution is -2.09. The third-order valence-corrected chi connectivity index (χ3v) is 2.54. The standard InChI is InChI=1S/C9H13N3O/c1-9(3-4-9)8-11-5-6(13-2)7(10)12-8/h5H,3-4H2,1-2H3,(H2,10,11,12). The molecule has 0 atom stereocenters. The molecule has 2 N–H and O–H groups in total. The van der Waals surface area contributed by atoms with Gasteiger partial charge in [0.2, 0.25) is 0 Å². The molecule has 1 aliphatic carbocycles.